The van der Waals surface area contributed by atoms with E-state index >= 15 is 0 Å². The van der Waals surface area contributed by atoms with Gasteiger partial charge in [0.25, 0.3) is 0 Å². The summed E-state index contributed by atoms with van der Waals surface area (Å²) in [6, 6.07) is 3.22. The van der Waals surface area contributed by atoms with Gasteiger partial charge < -0.3 is 10.4 Å². The number of nitrogens with zero attached hydrogens (tertiary/aromatic N) is 1. The van der Waals surface area contributed by atoms with E-state index in [4.69, 9.17) is 5.11 Å². The monoisotopic (exact) mass is 246 g/mol. The third kappa shape index (κ3) is 2.19. The fraction of sp³-hybridized carbons (Fsp3) is 0.571. The zero-order valence-corrected chi connectivity index (χ0v) is 10.6. The Hall–Kier alpha value is -1.58. The van der Waals surface area contributed by atoms with Crippen LogP contribution in [0.3, 0.4) is 0 Å². The summed E-state index contributed by atoms with van der Waals surface area (Å²) >= 11 is 0. The van der Waals surface area contributed by atoms with Crippen molar-refractivity contribution in [1.29, 1.82) is 0 Å². The first-order valence-electron chi connectivity index (χ1n) is 6.55. The highest BCUT2D eigenvalue weighted by molar-refractivity contribution is 5.88. The molecule has 1 aromatic rings. The molecule has 2 fully saturated rings. The van der Waals surface area contributed by atoms with Gasteiger partial charge in [0.05, 0.1) is 5.56 Å². The third-order valence-electron chi connectivity index (χ3n) is 4.16. The summed E-state index contributed by atoms with van der Waals surface area (Å²) in [5.74, 6) is 0.694. The van der Waals surface area contributed by atoms with E-state index in [9.17, 15) is 4.79 Å². The number of carboxylic acid groups (broad SMARTS) is 1. The van der Waals surface area contributed by atoms with Gasteiger partial charge in [-0.15, -0.1) is 0 Å². The zero-order valence-electron chi connectivity index (χ0n) is 10.6. The number of carboxylic acids is 1. The van der Waals surface area contributed by atoms with E-state index in [1.165, 1.54) is 25.7 Å². The Bertz CT molecular complexity index is 491. The van der Waals surface area contributed by atoms with E-state index in [0.29, 0.717) is 16.8 Å². The van der Waals surface area contributed by atoms with Crippen LogP contribution in [-0.2, 0) is 0 Å². The van der Waals surface area contributed by atoms with Crippen molar-refractivity contribution in [1.82, 2.24) is 4.98 Å². The standard InChI is InChI=1S/C14H18N2O2/c1-9-6-10(13(17)18)7-12(16-9)15-8-14(4-5-14)11-2-3-11/h6-7,11H,2-5,8H2,1H3,(H,15,16)(H,17,18). The summed E-state index contributed by atoms with van der Waals surface area (Å²) in [7, 11) is 0. The summed E-state index contributed by atoms with van der Waals surface area (Å²) in [4.78, 5) is 15.3. The minimum atomic E-state index is -0.896. The minimum absolute atomic E-state index is 0.307. The molecule has 1 heterocycles. The van der Waals surface area contributed by atoms with Crippen molar-refractivity contribution in [2.75, 3.05) is 11.9 Å². The van der Waals surface area contributed by atoms with Crippen molar-refractivity contribution in [3.05, 3.63) is 23.4 Å². The predicted octanol–water partition coefficient (Wildman–Crippen LogP) is 2.69. The molecule has 2 N–H and O–H groups in total. The first-order valence-corrected chi connectivity index (χ1v) is 6.55. The summed E-state index contributed by atoms with van der Waals surface area (Å²) in [6.07, 6.45) is 5.34. The molecule has 18 heavy (non-hydrogen) atoms. The fourth-order valence-corrected chi connectivity index (χ4v) is 2.73. The number of nitrogens with one attached hydrogen (secondary N) is 1. The van der Waals surface area contributed by atoms with Crippen LogP contribution in [0, 0.1) is 18.3 Å². The summed E-state index contributed by atoms with van der Waals surface area (Å²) in [5, 5.41) is 12.3. The lowest BCUT2D eigenvalue weighted by Crippen LogP contribution is -2.18. The average molecular weight is 246 g/mol. The normalized spacial score (nSPS) is 20.5. The molecule has 1 aromatic heterocycles. The van der Waals surface area contributed by atoms with Gasteiger partial charge >= 0.3 is 5.97 Å². The van der Waals surface area contributed by atoms with Crippen molar-refractivity contribution in [2.24, 2.45) is 11.3 Å². The van der Waals surface area contributed by atoms with Gasteiger partial charge in [0, 0.05) is 12.2 Å². The Balaban J connectivity index is 1.70. The molecule has 3 rings (SSSR count). The van der Waals surface area contributed by atoms with E-state index in [1.54, 1.807) is 12.1 Å². The van der Waals surface area contributed by atoms with Crippen LogP contribution in [0.15, 0.2) is 12.1 Å². The molecule has 0 saturated heterocycles. The second kappa shape index (κ2) is 3.97. The van der Waals surface area contributed by atoms with Crippen LogP contribution in [0.1, 0.15) is 41.7 Å². The third-order valence-corrected chi connectivity index (χ3v) is 4.16. The molecule has 0 radical (unpaired) electrons. The summed E-state index contributed by atoms with van der Waals surface area (Å²) in [5.41, 5.74) is 1.55. The molecule has 2 aliphatic rings. The topological polar surface area (TPSA) is 62.2 Å². The minimum Gasteiger partial charge on any atom is -0.478 e. The molecule has 2 aliphatic carbocycles. The molecule has 0 atom stereocenters. The average Bonchev–Trinajstić information content (AvgIpc) is 3.17. The molecule has 4 heteroatoms. The van der Waals surface area contributed by atoms with Crippen LogP contribution in [-0.4, -0.2) is 22.6 Å². The number of hydrogen-bond acceptors (Lipinski definition) is 3. The van der Waals surface area contributed by atoms with Crippen LogP contribution < -0.4 is 5.32 Å². The molecule has 0 unspecified atom stereocenters. The fourth-order valence-electron chi connectivity index (χ4n) is 2.73. The van der Waals surface area contributed by atoms with Crippen molar-refractivity contribution in [3.63, 3.8) is 0 Å². The van der Waals surface area contributed by atoms with Gasteiger partial charge in [0.15, 0.2) is 0 Å². The molecule has 0 aliphatic heterocycles. The van der Waals surface area contributed by atoms with E-state index < -0.39 is 5.97 Å². The number of aromatic carboxylic acids is 1. The molecule has 4 nitrogen and oxygen atoms in total. The number of rotatable bonds is 5. The number of carbonyl (C=O) groups is 1. The molecular formula is C14H18N2O2. The van der Waals surface area contributed by atoms with Crippen molar-refractivity contribution >= 4 is 11.8 Å². The lowest BCUT2D eigenvalue weighted by atomic mass is 10.0. The quantitative estimate of drug-likeness (QED) is 0.838. The van der Waals surface area contributed by atoms with Crippen molar-refractivity contribution < 1.29 is 9.90 Å². The molecule has 0 spiro atoms. The van der Waals surface area contributed by atoms with Gasteiger partial charge in [0.2, 0.25) is 0 Å². The first kappa shape index (κ1) is 11.5. The number of aryl methyl sites for hydroxylation is 1. The Kier molecular flexibility index (Phi) is 2.54. The van der Waals surface area contributed by atoms with Crippen LogP contribution in [0.2, 0.25) is 0 Å². The van der Waals surface area contributed by atoms with Gasteiger partial charge in [-0.3, -0.25) is 0 Å². The largest absolute Gasteiger partial charge is 0.478 e. The van der Waals surface area contributed by atoms with Crippen LogP contribution in [0.25, 0.3) is 0 Å². The molecular weight excluding hydrogens is 228 g/mol. The van der Waals surface area contributed by atoms with Gasteiger partial charge in [-0.1, -0.05) is 0 Å². The molecule has 0 amide bonds. The lowest BCUT2D eigenvalue weighted by Gasteiger charge is -2.16. The van der Waals surface area contributed by atoms with Gasteiger partial charge in [-0.2, -0.15) is 0 Å². The van der Waals surface area contributed by atoms with Crippen LogP contribution in [0.5, 0.6) is 0 Å². The first-order chi connectivity index (χ1) is 8.59. The zero-order chi connectivity index (χ0) is 12.8. The predicted molar refractivity (Wildman–Crippen MR) is 68.8 cm³/mol. The lowest BCUT2D eigenvalue weighted by molar-refractivity contribution is 0.0696. The van der Waals surface area contributed by atoms with E-state index in [2.05, 4.69) is 10.3 Å². The van der Waals surface area contributed by atoms with E-state index in [-0.39, 0.29) is 0 Å². The van der Waals surface area contributed by atoms with E-state index in [1.807, 2.05) is 6.92 Å². The molecule has 0 aromatic carbocycles. The SMILES string of the molecule is Cc1cc(C(=O)O)cc(NCC2(C3CC3)CC2)n1. The van der Waals surface area contributed by atoms with Gasteiger partial charge in [-0.25, -0.2) is 9.78 Å². The molecule has 0 bridgehead atoms. The Labute approximate surface area is 106 Å². The van der Waals surface area contributed by atoms with Crippen molar-refractivity contribution in [2.45, 2.75) is 32.6 Å². The highest BCUT2D eigenvalue weighted by atomic mass is 16.4. The van der Waals surface area contributed by atoms with Crippen LogP contribution >= 0.6 is 0 Å². The van der Waals surface area contributed by atoms with E-state index in [0.717, 1.165) is 18.2 Å². The number of hydrogen-bond donors (Lipinski definition) is 2. The number of aromatic nitrogens is 1. The maximum absolute atomic E-state index is 11.0. The second-order valence-electron chi connectivity index (χ2n) is 5.68. The second-order valence-corrected chi connectivity index (χ2v) is 5.68. The Morgan fingerprint density at radius 3 is 2.78 bits per heavy atom. The molecule has 96 valence electrons. The smallest absolute Gasteiger partial charge is 0.335 e. The van der Waals surface area contributed by atoms with Gasteiger partial charge in [-0.05, 0) is 56.1 Å². The summed E-state index contributed by atoms with van der Waals surface area (Å²) in [6.45, 7) is 2.76. The van der Waals surface area contributed by atoms with Gasteiger partial charge in [0.1, 0.15) is 5.82 Å². The molecule has 2 saturated carbocycles. The number of pyridine rings is 1. The van der Waals surface area contributed by atoms with Crippen molar-refractivity contribution in [3.8, 4) is 0 Å². The maximum Gasteiger partial charge on any atom is 0.335 e. The number of anilines is 1. The Morgan fingerprint density at radius 2 is 2.22 bits per heavy atom. The summed E-state index contributed by atoms with van der Waals surface area (Å²) < 4.78 is 0. The maximum atomic E-state index is 11.0. The Morgan fingerprint density at radius 1 is 1.50 bits per heavy atom. The highest BCUT2D eigenvalue weighted by Crippen LogP contribution is 2.61. The highest BCUT2D eigenvalue weighted by Gasteiger charge is 2.53. The van der Waals surface area contributed by atoms with Crippen LogP contribution in [0.4, 0.5) is 5.82 Å².